The maximum Gasteiger partial charge on any atom is 0.335 e. The Morgan fingerprint density at radius 3 is 2.48 bits per heavy atom. The van der Waals surface area contributed by atoms with Crippen LogP contribution in [0.3, 0.4) is 0 Å². The molecule has 0 aromatic heterocycles. The number of piperidine rings is 1. The van der Waals surface area contributed by atoms with Crippen molar-refractivity contribution >= 4 is 21.9 Å². The molecule has 2 rings (SSSR count). The molecular weight excluding hydrogens is 330 g/mol. The van der Waals surface area contributed by atoms with Gasteiger partial charge in [-0.25, -0.2) is 13.6 Å². The highest BCUT2D eigenvalue weighted by Gasteiger charge is 2.38. The molecule has 1 aliphatic rings. The lowest BCUT2D eigenvalue weighted by atomic mass is 10.0. The van der Waals surface area contributed by atoms with E-state index in [-0.39, 0.29) is 24.3 Å². The summed E-state index contributed by atoms with van der Waals surface area (Å²) in [6.45, 7) is 1.25. The zero-order valence-electron chi connectivity index (χ0n) is 12.6. The van der Waals surface area contributed by atoms with Crippen LogP contribution in [0.1, 0.15) is 35.7 Å². The number of carboxylic acids is 1. The Balaban J connectivity index is 2.16. The number of benzene rings is 1. The van der Waals surface area contributed by atoms with Crippen molar-refractivity contribution in [1.29, 1.82) is 0 Å². The number of hydrogen-bond donors (Lipinski definition) is 2. The number of rotatable bonds is 5. The molecule has 0 amide bonds. The van der Waals surface area contributed by atoms with Crippen LogP contribution in [0, 0.1) is 0 Å². The molecule has 2 N–H and O–H groups in total. The number of hydrogen-bond acceptors (Lipinski definition) is 3. The van der Waals surface area contributed by atoms with Crippen LogP contribution in [-0.2, 0) is 16.6 Å². The number of carboxylic acid groups (broad SMARTS) is 1. The lowest BCUT2D eigenvalue weighted by Crippen LogP contribution is -2.45. The highest BCUT2D eigenvalue weighted by molar-refractivity contribution is 7.90. The van der Waals surface area contributed by atoms with Crippen molar-refractivity contribution < 1.29 is 27.1 Å². The van der Waals surface area contributed by atoms with Crippen molar-refractivity contribution in [1.82, 2.24) is 4.31 Å². The maximum atomic E-state index is 13.1. The third-order valence-corrected chi connectivity index (χ3v) is 5.30. The van der Waals surface area contributed by atoms with Gasteiger partial charge < -0.3 is 5.11 Å². The number of nitrogens with one attached hydrogen (secondary N) is 1. The fraction of sp³-hybridized carbons (Fsp3) is 0.500. The van der Waals surface area contributed by atoms with E-state index in [0.717, 1.165) is 4.31 Å². The standard InChI is InChI=1S/C14H18F2N2O4S/c1-2-10-9-11(3-4-12(10)13(19)20)17-23(21,22)18-7-5-14(15,16)6-8-18/h3-4,9,17H,2,5-8H2,1H3,(H,19,20). The van der Waals surface area contributed by atoms with Crippen LogP contribution >= 0.6 is 0 Å². The number of aryl methyl sites for hydroxylation is 1. The molecule has 0 aliphatic carbocycles. The first-order valence-electron chi connectivity index (χ1n) is 7.16. The Labute approximate surface area is 133 Å². The molecule has 1 aromatic rings. The molecule has 0 radical (unpaired) electrons. The van der Waals surface area contributed by atoms with Crippen LogP contribution in [0.5, 0.6) is 0 Å². The fourth-order valence-electron chi connectivity index (χ4n) is 2.43. The fourth-order valence-corrected chi connectivity index (χ4v) is 3.64. The molecule has 0 bridgehead atoms. The quantitative estimate of drug-likeness (QED) is 0.855. The van der Waals surface area contributed by atoms with Gasteiger partial charge in [-0.05, 0) is 30.2 Å². The average Bonchev–Trinajstić information content (AvgIpc) is 2.45. The van der Waals surface area contributed by atoms with Crippen molar-refractivity contribution in [3.8, 4) is 0 Å². The van der Waals surface area contributed by atoms with Gasteiger partial charge in [-0.2, -0.15) is 12.7 Å². The van der Waals surface area contributed by atoms with Gasteiger partial charge in [0.15, 0.2) is 0 Å². The van der Waals surface area contributed by atoms with Gasteiger partial charge in [-0.1, -0.05) is 6.92 Å². The van der Waals surface area contributed by atoms with E-state index in [0.29, 0.717) is 12.0 Å². The largest absolute Gasteiger partial charge is 0.478 e. The van der Waals surface area contributed by atoms with Crippen molar-refractivity contribution in [3.05, 3.63) is 29.3 Å². The van der Waals surface area contributed by atoms with E-state index < -0.39 is 34.9 Å². The topological polar surface area (TPSA) is 86.7 Å². The van der Waals surface area contributed by atoms with E-state index in [1.807, 2.05) is 0 Å². The molecule has 1 heterocycles. The molecule has 0 atom stereocenters. The Kier molecular flexibility index (Phi) is 4.90. The third-order valence-electron chi connectivity index (χ3n) is 3.76. The summed E-state index contributed by atoms with van der Waals surface area (Å²) in [6, 6.07) is 4.11. The van der Waals surface area contributed by atoms with Crippen LogP contribution in [0.2, 0.25) is 0 Å². The van der Waals surface area contributed by atoms with Crippen LogP contribution in [0.25, 0.3) is 0 Å². The van der Waals surface area contributed by atoms with Gasteiger partial charge in [0.25, 0.3) is 5.92 Å². The molecule has 1 saturated heterocycles. The molecule has 1 fully saturated rings. The SMILES string of the molecule is CCc1cc(NS(=O)(=O)N2CCC(F)(F)CC2)ccc1C(=O)O. The summed E-state index contributed by atoms with van der Waals surface area (Å²) in [5.41, 5.74) is 0.806. The van der Waals surface area contributed by atoms with E-state index in [4.69, 9.17) is 5.11 Å². The second kappa shape index (κ2) is 6.40. The summed E-state index contributed by atoms with van der Waals surface area (Å²) in [4.78, 5) is 11.1. The first-order chi connectivity index (χ1) is 10.6. The van der Waals surface area contributed by atoms with Crippen molar-refractivity contribution in [2.75, 3.05) is 17.8 Å². The molecule has 23 heavy (non-hydrogen) atoms. The minimum atomic E-state index is -3.94. The number of alkyl halides is 2. The summed E-state index contributed by atoms with van der Waals surface area (Å²) >= 11 is 0. The first kappa shape index (κ1) is 17.6. The van der Waals surface area contributed by atoms with Gasteiger partial charge in [0.2, 0.25) is 0 Å². The number of halogens is 2. The maximum absolute atomic E-state index is 13.1. The lowest BCUT2D eigenvalue weighted by Gasteiger charge is -2.31. The van der Waals surface area contributed by atoms with E-state index in [2.05, 4.69) is 4.72 Å². The average molecular weight is 348 g/mol. The van der Waals surface area contributed by atoms with E-state index in [9.17, 15) is 22.0 Å². The number of anilines is 1. The van der Waals surface area contributed by atoms with E-state index in [1.165, 1.54) is 18.2 Å². The smallest absolute Gasteiger partial charge is 0.335 e. The van der Waals surface area contributed by atoms with E-state index in [1.54, 1.807) is 6.92 Å². The molecule has 0 saturated carbocycles. The Morgan fingerprint density at radius 2 is 1.96 bits per heavy atom. The predicted molar refractivity (Wildman–Crippen MR) is 81.1 cm³/mol. The van der Waals surface area contributed by atoms with Crippen molar-refractivity contribution in [3.63, 3.8) is 0 Å². The minimum Gasteiger partial charge on any atom is -0.478 e. The van der Waals surface area contributed by atoms with Gasteiger partial charge in [-0.15, -0.1) is 0 Å². The second-order valence-corrected chi connectivity index (χ2v) is 7.06. The molecule has 6 nitrogen and oxygen atoms in total. The predicted octanol–water partition coefficient (Wildman–Crippen LogP) is 2.33. The Bertz CT molecular complexity index is 697. The summed E-state index contributed by atoms with van der Waals surface area (Å²) in [5.74, 6) is -3.92. The normalized spacial score (nSPS) is 18.6. The van der Waals surface area contributed by atoms with Gasteiger partial charge >= 0.3 is 16.2 Å². The first-order valence-corrected chi connectivity index (χ1v) is 8.60. The summed E-state index contributed by atoms with van der Waals surface area (Å²) in [6.07, 6.45) is -0.592. The van der Waals surface area contributed by atoms with Gasteiger partial charge in [0.05, 0.1) is 11.3 Å². The number of aromatic carboxylic acids is 1. The zero-order chi connectivity index (χ0) is 17.3. The highest BCUT2D eigenvalue weighted by atomic mass is 32.2. The van der Waals surface area contributed by atoms with E-state index >= 15 is 0 Å². The Hall–Kier alpha value is -1.74. The molecule has 0 unspecified atom stereocenters. The molecule has 128 valence electrons. The summed E-state index contributed by atoms with van der Waals surface area (Å²) in [5, 5.41) is 9.06. The van der Waals surface area contributed by atoms with Crippen molar-refractivity contribution in [2.45, 2.75) is 32.1 Å². The molecule has 1 aliphatic heterocycles. The summed E-state index contributed by atoms with van der Waals surface area (Å²) < 4.78 is 54.0. The third kappa shape index (κ3) is 4.17. The molecule has 9 heteroatoms. The minimum absolute atomic E-state index is 0.105. The Morgan fingerprint density at radius 1 is 1.35 bits per heavy atom. The highest BCUT2D eigenvalue weighted by Crippen LogP contribution is 2.29. The summed E-state index contributed by atoms with van der Waals surface area (Å²) in [7, 11) is -3.94. The van der Waals surface area contributed by atoms with Crippen LogP contribution in [0.4, 0.5) is 14.5 Å². The van der Waals surface area contributed by atoms with Crippen LogP contribution in [-0.4, -0.2) is 42.8 Å². The lowest BCUT2D eigenvalue weighted by molar-refractivity contribution is -0.0411. The van der Waals surface area contributed by atoms with Crippen molar-refractivity contribution in [2.24, 2.45) is 0 Å². The molecule has 1 aromatic carbocycles. The van der Waals surface area contributed by atoms with Gasteiger partial charge in [0, 0.05) is 25.9 Å². The van der Waals surface area contributed by atoms with Crippen LogP contribution < -0.4 is 4.72 Å². The monoisotopic (exact) mass is 348 g/mol. The van der Waals surface area contributed by atoms with Gasteiger partial charge in [0.1, 0.15) is 0 Å². The number of nitrogens with zero attached hydrogens (tertiary/aromatic N) is 1. The zero-order valence-corrected chi connectivity index (χ0v) is 13.4. The van der Waals surface area contributed by atoms with Gasteiger partial charge in [-0.3, -0.25) is 4.72 Å². The molecular formula is C14H18F2N2O4S. The van der Waals surface area contributed by atoms with Crippen LogP contribution in [0.15, 0.2) is 18.2 Å². The second-order valence-electron chi connectivity index (χ2n) is 5.39. The number of carbonyl (C=O) groups is 1. The molecule has 0 spiro atoms.